The van der Waals surface area contributed by atoms with Gasteiger partial charge in [0.2, 0.25) is 11.8 Å². The van der Waals surface area contributed by atoms with Crippen LogP contribution in [0.2, 0.25) is 0 Å². The van der Waals surface area contributed by atoms with Crippen LogP contribution in [0.5, 0.6) is 0 Å². The van der Waals surface area contributed by atoms with E-state index >= 15 is 0 Å². The maximum atomic E-state index is 12.9. The molecule has 46 heavy (non-hydrogen) atoms. The topological polar surface area (TPSA) is 116 Å². The summed E-state index contributed by atoms with van der Waals surface area (Å²) in [6.07, 6.45) is -9.51. The number of carbonyl (C=O) groups is 4. The summed E-state index contributed by atoms with van der Waals surface area (Å²) in [6, 6.07) is 19.5. The van der Waals surface area contributed by atoms with Crippen molar-refractivity contribution in [1.29, 1.82) is 0 Å². The van der Waals surface area contributed by atoms with Gasteiger partial charge in [-0.2, -0.15) is 26.3 Å². The Morgan fingerprint density at radius 1 is 0.457 bits per heavy atom. The van der Waals surface area contributed by atoms with E-state index in [1.54, 1.807) is 0 Å². The SMILES string of the molecule is O=C(CCC(=O)Nc1ccc(C(=O)Nc2cccc(C(F)(F)F)c2)cc1)Nc1ccc(C(=O)Nc2cccc(C(F)(F)F)c2)cc1. The van der Waals surface area contributed by atoms with E-state index in [-0.39, 0.29) is 35.3 Å². The number of nitrogens with one attached hydrogen (secondary N) is 4. The van der Waals surface area contributed by atoms with Crippen molar-refractivity contribution in [3.8, 4) is 0 Å². The Kier molecular flexibility index (Phi) is 10.1. The quantitative estimate of drug-likeness (QED) is 0.141. The van der Waals surface area contributed by atoms with Crippen LogP contribution in [0, 0.1) is 0 Å². The van der Waals surface area contributed by atoms with Crippen LogP contribution < -0.4 is 21.3 Å². The molecule has 8 nitrogen and oxygen atoms in total. The maximum Gasteiger partial charge on any atom is 0.416 e. The molecule has 0 atom stereocenters. The van der Waals surface area contributed by atoms with Gasteiger partial charge < -0.3 is 21.3 Å². The average molecular weight is 643 g/mol. The number of benzene rings is 4. The molecule has 0 aliphatic rings. The van der Waals surface area contributed by atoms with Gasteiger partial charge in [0.15, 0.2) is 0 Å². The minimum Gasteiger partial charge on any atom is -0.326 e. The molecule has 0 fully saturated rings. The smallest absolute Gasteiger partial charge is 0.326 e. The minimum absolute atomic E-state index is 0.0362. The lowest BCUT2D eigenvalue weighted by molar-refractivity contribution is -0.138. The highest BCUT2D eigenvalue weighted by Crippen LogP contribution is 2.32. The van der Waals surface area contributed by atoms with Crippen LogP contribution in [0.15, 0.2) is 97.1 Å². The summed E-state index contributed by atoms with van der Waals surface area (Å²) in [4.78, 5) is 49.5. The van der Waals surface area contributed by atoms with Crippen molar-refractivity contribution in [2.24, 2.45) is 0 Å². The largest absolute Gasteiger partial charge is 0.416 e. The molecular formula is C32H24F6N4O4. The van der Waals surface area contributed by atoms with Crippen molar-refractivity contribution >= 4 is 46.4 Å². The van der Waals surface area contributed by atoms with E-state index in [0.717, 1.165) is 24.3 Å². The number of rotatable bonds is 9. The molecule has 4 aromatic carbocycles. The second-order valence-electron chi connectivity index (χ2n) is 9.82. The number of hydrogen-bond donors (Lipinski definition) is 4. The van der Waals surface area contributed by atoms with Crippen molar-refractivity contribution in [2.45, 2.75) is 25.2 Å². The highest BCUT2D eigenvalue weighted by Gasteiger charge is 2.31. The molecule has 4 aromatic rings. The fourth-order valence-electron chi connectivity index (χ4n) is 4.04. The molecule has 0 spiro atoms. The van der Waals surface area contributed by atoms with Crippen molar-refractivity contribution in [3.63, 3.8) is 0 Å². The lowest BCUT2D eigenvalue weighted by Gasteiger charge is -2.11. The Balaban J connectivity index is 1.22. The molecule has 0 heterocycles. The zero-order valence-electron chi connectivity index (χ0n) is 23.6. The van der Waals surface area contributed by atoms with Crippen LogP contribution in [0.4, 0.5) is 49.1 Å². The number of anilines is 4. The monoisotopic (exact) mass is 642 g/mol. The zero-order chi connectivity index (χ0) is 33.5. The molecule has 14 heteroatoms. The molecular weight excluding hydrogens is 618 g/mol. The minimum atomic E-state index is -4.56. The molecule has 0 bridgehead atoms. The Hall–Kier alpha value is -5.66. The molecule has 0 unspecified atom stereocenters. The second kappa shape index (κ2) is 14.0. The van der Waals surface area contributed by atoms with Gasteiger partial charge in [0.1, 0.15) is 0 Å². The van der Waals surface area contributed by atoms with Gasteiger partial charge in [-0.05, 0) is 84.9 Å². The van der Waals surface area contributed by atoms with Crippen molar-refractivity contribution in [2.75, 3.05) is 21.3 Å². The normalized spacial score (nSPS) is 11.3. The molecule has 0 aliphatic heterocycles. The van der Waals surface area contributed by atoms with Gasteiger partial charge in [-0.25, -0.2) is 0 Å². The second-order valence-corrected chi connectivity index (χ2v) is 9.82. The number of halogens is 6. The van der Waals surface area contributed by atoms with E-state index in [0.29, 0.717) is 11.4 Å². The maximum absolute atomic E-state index is 12.9. The Bertz CT molecular complexity index is 1610. The number of amides is 4. The third-order valence-corrected chi connectivity index (χ3v) is 6.34. The molecule has 0 aromatic heterocycles. The lowest BCUT2D eigenvalue weighted by atomic mass is 10.1. The Morgan fingerprint density at radius 3 is 1.13 bits per heavy atom. The zero-order valence-corrected chi connectivity index (χ0v) is 23.6. The van der Waals surface area contributed by atoms with E-state index in [1.165, 1.54) is 72.8 Å². The van der Waals surface area contributed by atoms with Gasteiger partial charge in [0.25, 0.3) is 11.8 Å². The summed E-state index contributed by atoms with van der Waals surface area (Å²) in [5.41, 5.74) is -0.983. The van der Waals surface area contributed by atoms with Gasteiger partial charge in [0, 0.05) is 46.7 Å². The van der Waals surface area contributed by atoms with Crippen LogP contribution in [0.25, 0.3) is 0 Å². The van der Waals surface area contributed by atoms with Gasteiger partial charge >= 0.3 is 12.4 Å². The number of alkyl halides is 6. The van der Waals surface area contributed by atoms with Gasteiger partial charge in [-0.3, -0.25) is 19.2 Å². The lowest BCUT2D eigenvalue weighted by Crippen LogP contribution is -2.18. The van der Waals surface area contributed by atoms with Crippen LogP contribution in [0.1, 0.15) is 44.7 Å². The van der Waals surface area contributed by atoms with Crippen LogP contribution in [0.3, 0.4) is 0 Å². The fourth-order valence-corrected chi connectivity index (χ4v) is 4.04. The summed E-state index contributed by atoms with van der Waals surface area (Å²) in [7, 11) is 0. The predicted molar refractivity (Wildman–Crippen MR) is 158 cm³/mol. The van der Waals surface area contributed by atoms with E-state index in [9.17, 15) is 45.5 Å². The highest BCUT2D eigenvalue weighted by molar-refractivity contribution is 6.05. The average Bonchev–Trinajstić information content (AvgIpc) is 3.00. The summed E-state index contributed by atoms with van der Waals surface area (Å²) in [5.74, 6) is -2.31. The third-order valence-electron chi connectivity index (χ3n) is 6.34. The Morgan fingerprint density at radius 2 is 0.804 bits per heavy atom. The first kappa shape index (κ1) is 33.2. The van der Waals surface area contributed by atoms with E-state index in [2.05, 4.69) is 21.3 Å². The van der Waals surface area contributed by atoms with Crippen molar-refractivity contribution in [3.05, 3.63) is 119 Å². The van der Waals surface area contributed by atoms with Crippen molar-refractivity contribution in [1.82, 2.24) is 0 Å². The fraction of sp³-hybridized carbons (Fsp3) is 0.125. The van der Waals surface area contributed by atoms with E-state index < -0.39 is 47.1 Å². The number of carbonyl (C=O) groups excluding carboxylic acids is 4. The molecule has 0 saturated heterocycles. The summed E-state index contributed by atoms with van der Waals surface area (Å²) in [5, 5.41) is 9.91. The van der Waals surface area contributed by atoms with Crippen molar-refractivity contribution < 1.29 is 45.5 Å². The molecule has 0 radical (unpaired) electrons. The molecule has 0 saturated carbocycles. The first-order chi connectivity index (χ1) is 21.7. The van der Waals surface area contributed by atoms with Gasteiger partial charge in [-0.15, -0.1) is 0 Å². The first-order valence-electron chi connectivity index (χ1n) is 13.4. The summed E-state index contributed by atoms with van der Waals surface area (Å²) in [6.45, 7) is 0. The molecule has 4 N–H and O–H groups in total. The van der Waals surface area contributed by atoms with Gasteiger partial charge in [-0.1, -0.05) is 12.1 Å². The number of hydrogen-bond acceptors (Lipinski definition) is 4. The summed E-state index contributed by atoms with van der Waals surface area (Å²) >= 11 is 0. The molecule has 4 amide bonds. The van der Waals surface area contributed by atoms with Crippen LogP contribution in [-0.4, -0.2) is 23.6 Å². The van der Waals surface area contributed by atoms with Crippen LogP contribution in [-0.2, 0) is 21.9 Å². The van der Waals surface area contributed by atoms with E-state index in [4.69, 9.17) is 0 Å². The predicted octanol–water partition coefficient (Wildman–Crippen LogP) is 7.59. The molecule has 238 valence electrons. The highest BCUT2D eigenvalue weighted by atomic mass is 19.4. The molecule has 0 aliphatic carbocycles. The van der Waals surface area contributed by atoms with Gasteiger partial charge in [0.05, 0.1) is 11.1 Å². The molecule has 4 rings (SSSR count). The summed E-state index contributed by atoms with van der Waals surface area (Å²) < 4.78 is 77.4. The van der Waals surface area contributed by atoms with Crippen LogP contribution >= 0.6 is 0 Å². The first-order valence-corrected chi connectivity index (χ1v) is 13.4. The third kappa shape index (κ3) is 9.42. The standard InChI is InChI=1S/C32H24F6N4O4/c33-31(34,35)21-3-1-5-25(17-21)41-29(45)19-7-11-23(12-8-19)39-27(43)15-16-28(44)40-24-13-9-20(10-14-24)30(46)42-26-6-2-4-22(18-26)32(36,37)38/h1-14,17-18H,15-16H2,(H,39,43)(H,40,44)(H,41,45)(H,42,46). The Labute approximate surface area is 257 Å². The van der Waals surface area contributed by atoms with E-state index in [1.807, 2.05) is 0 Å².